The molecule has 1 aromatic carbocycles. The van der Waals surface area contributed by atoms with Crippen molar-refractivity contribution in [2.24, 2.45) is 5.92 Å². The van der Waals surface area contributed by atoms with Gasteiger partial charge in [0.1, 0.15) is 0 Å². The van der Waals surface area contributed by atoms with E-state index in [-0.39, 0.29) is 23.9 Å². The first-order chi connectivity index (χ1) is 11.1. The van der Waals surface area contributed by atoms with Gasteiger partial charge in [0.2, 0.25) is 5.91 Å². The van der Waals surface area contributed by atoms with Crippen LogP contribution in [0.4, 0.5) is 13.2 Å². The van der Waals surface area contributed by atoms with Gasteiger partial charge in [-0.05, 0) is 50.6 Å². The Kier molecular flexibility index (Phi) is 5.55. The summed E-state index contributed by atoms with van der Waals surface area (Å²) in [6.07, 6.45) is -3.07. The molecule has 1 unspecified atom stereocenters. The molecule has 1 aliphatic rings. The SMILES string of the molecule is CNC(=O)C1CCN(CC(C)(O)c2cccc(C(F)(F)F)c2)CC1. The first-order valence-electron chi connectivity index (χ1n) is 7.97. The fourth-order valence-corrected chi connectivity index (χ4v) is 3.11. The van der Waals surface area contributed by atoms with Gasteiger partial charge in [0.25, 0.3) is 0 Å². The lowest BCUT2D eigenvalue weighted by atomic mass is 9.91. The molecular weight excluding hydrogens is 321 g/mol. The lowest BCUT2D eigenvalue weighted by Crippen LogP contribution is -2.45. The zero-order chi connectivity index (χ0) is 18.0. The number of amides is 1. The van der Waals surface area contributed by atoms with Crippen LogP contribution in [0.3, 0.4) is 0 Å². The Labute approximate surface area is 139 Å². The number of nitrogens with zero attached hydrogens (tertiary/aromatic N) is 1. The number of carbonyl (C=O) groups is 1. The molecule has 1 fully saturated rings. The highest BCUT2D eigenvalue weighted by Crippen LogP contribution is 2.32. The Balaban J connectivity index is 2.03. The van der Waals surface area contributed by atoms with E-state index in [1.807, 2.05) is 4.90 Å². The molecule has 0 bridgehead atoms. The van der Waals surface area contributed by atoms with Crippen LogP contribution in [0.15, 0.2) is 24.3 Å². The number of benzene rings is 1. The summed E-state index contributed by atoms with van der Waals surface area (Å²) in [4.78, 5) is 13.6. The van der Waals surface area contributed by atoms with Crippen LogP contribution in [-0.2, 0) is 16.6 Å². The largest absolute Gasteiger partial charge is 0.416 e. The molecule has 0 saturated carbocycles. The highest BCUT2D eigenvalue weighted by atomic mass is 19.4. The van der Waals surface area contributed by atoms with Crippen molar-refractivity contribution in [3.63, 3.8) is 0 Å². The van der Waals surface area contributed by atoms with Crippen LogP contribution in [0, 0.1) is 5.92 Å². The molecule has 0 aromatic heterocycles. The van der Waals surface area contributed by atoms with Crippen molar-refractivity contribution in [2.75, 3.05) is 26.7 Å². The molecule has 0 aliphatic carbocycles. The minimum absolute atomic E-state index is 0.0132. The second kappa shape index (κ2) is 7.11. The number of nitrogens with one attached hydrogen (secondary N) is 1. The van der Waals surface area contributed by atoms with Crippen LogP contribution in [-0.4, -0.2) is 42.6 Å². The van der Waals surface area contributed by atoms with Crippen molar-refractivity contribution in [1.29, 1.82) is 0 Å². The number of carbonyl (C=O) groups excluding carboxylic acids is 1. The summed E-state index contributed by atoms with van der Waals surface area (Å²) in [5.74, 6) is -0.0240. The number of hydrogen-bond donors (Lipinski definition) is 2. The van der Waals surface area contributed by atoms with E-state index in [0.717, 1.165) is 12.1 Å². The van der Waals surface area contributed by atoms with Gasteiger partial charge >= 0.3 is 6.18 Å². The molecule has 0 spiro atoms. The minimum Gasteiger partial charge on any atom is -0.384 e. The van der Waals surface area contributed by atoms with Gasteiger partial charge in [0.05, 0.1) is 11.2 Å². The number of β-amino-alcohol motifs (C(OH)–C–C–N with tert-alkyl or cyclic N) is 1. The molecule has 1 heterocycles. The van der Waals surface area contributed by atoms with Gasteiger partial charge in [0.15, 0.2) is 0 Å². The van der Waals surface area contributed by atoms with Crippen molar-refractivity contribution in [3.05, 3.63) is 35.4 Å². The summed E-state index contributed by atoms with van der Waals surface area (Å²) in [5, 5.41) is 13.3. The normalized spacial score (nSPS) is 19.8. The molecule has 4 nitrogen and oxygen atoms in total. The molecule has 0 radical (unpaired) electrons. The highest BCUT2D eigenvalue weighted by molar-refractivity contribution is 5.78. The second-order valence-corrected chi connectivity index (χ2v) is 6.52. The van der Waals surface area contributed by atoms with E-state index in [4.69, 9.17) is 0 Å². The van der Waals surface area contributed by atoms with Gasteiger partial charge in [-0.2, -0.15) is 13.2 Å². The zero-order valence-corrected chi connectivity index (χ0v) is 13.9. The topological polar surface area (TPSA) is 52.6 Å². The third-order valence-electron chi connectivity index (χ3n) is 4.55. The molecule has 2 rings (SSSR count). The van der Waals surface area contributed by atoms with Crippen LogP contribution >= 0.6 is 0 Å². The molecule has 1 aliphatic heterocycles. The number of aliphatic hydroxyl groups is 1. The zero-order valence-electron chi connectivity index (χ0n) is 13.9. The lowest BCUT2D eigenvalue weighted by molar-refractivity contribution is -0.137. The Hall–Kier alpha value is -1.60. The average molecular weight is 344 g/mol. The van der Waals surface area contributed by atoms with Crippen molar-refractivity contribution >= 4 is 5.91 Å². The number of alkyl halides is 3. The summed E-state index contributed by atoms with van der Waals surface area (Å²) in [5.41, 5.74) is -1.91. The molecular formula is C17H23F3N2O2. The summed E-state index contributed by atoms with van der Waals surface area (Å²) in [6.45, 7) is 3.02. The van der Waals surface area contributed by atoms with Crippen LogP contribution in [0.5, 0.6) is 0 Å². The molecule has 24 heavy (non-hydrogen) atoms. The van der Waals surface area contributed by atoms with E-state index >= 15 is 0 Å². The summed E-state index contributed by atoms with van der Waals surface area (Å²) >= 11 is 0. The number of piperidine rings is 1. The fraction of sp³-hybridized carbons (Fsp3) is 0.588. The fourth-order valence-electron chi connectivity index (χ4n) is 3.11. The predicted octanol–water partition coefficient (Wildman–Crippen LogP) is 2.37. The van der Waals surface area contributed by atoms with Gasteiger partial charge in [0, 0.05) is 19.5 Å². The lowest BCUT2D eigenvalue weighted by Gasteiger charge is -2.36. The predicted molar refractivity (Wildman–Crippen MR) is 84.2 cm³/mol. The van der Waals surface area contributed by atoms with Crippen LogP contribution in [0.2, 0.25) is 0 Å². The van der Waals surface area contributed by atoms with Gasteiger partial charge in [-0.3, -0.25) is 4.79 Å². The number of hydrogen-bond acceptors (Lipinski definition) is 3. The third kappa shape index (κ3) is 4.48. The standard InChI is InChI=1S/C17H23F3N2O2/c1-16(24,13-4-3-5-14(10-13)17(18,19)20)11-22-8-6-12(7-9-22)15(23)21-2/h3-5,10,12,24H,6-9,11H2,1-2H3,(H,21,23). The van der Waals surface area contributed by atoms with Crippen molar-refractivity contribution < 1.29 is 23.1 Å². The van der Waals surface area contributed by atoms with E-state index in [2.05, 4.69) is 5.32 Å². The smallest absolute Gasteiger partial charge is 0.384 e. The van der Waals surface area contributed by atoms with Crippen molar-refractivity contribution in [3.8, 4) is 0 Å². The Bertz CT molecular complexity index is 579. The van der Waals surface area contributed by atoms with Crippen molar-refractivity contribution in [1.82, 2.24) is 10.2 Å². The van der Waals surface area contributed by atoms with Gasteiger partial charge < -0.3 is 15.3 Å². The molecule has 1 atom stereocenters. The number of rotatable bonds is 4. The Morgan fingerprint density at radius 1 is 1.29 bits per heavy atom. The van der Waals surface area contributed by atoms with Crippen molar-refractivity contribution in [2.45, 2.75) is 31.5 Å². The Morgan fingerprint density at radius 3 is 2.42 bits per heavy atom. The Morgan fingerprint density at radius 2 is 1.88 bits per heavy atom. The van der Waals surface area contributed by atoms with Crippen LogP contribution < -0.4 is 5.32 Å². The maximum atomic E-state index is 12.8. The summed E-state index contributed by atoms with van der Waals surface area (Å²) in [6, 6.07) is 4.81. The third-order valence-corrected chi connectivity index (χ3v) is 4.55. The van der Waals surface area contributed by atoms with E-state index in [1.54, 1.807) is 7.05 Å². The summed E-state index contributed by atoms with van der Waals surface area (Å²) in [7, 11) is 1.60. The molecule has 2 N–H and O–H groups in total. The summed E-state index contributed by atoms with van der Waals surface area (Å²) < 4.78 is 38.5. The highest BCUT2D eigenvalue weighted by Gasteiger charge is 2.34. The van der Waals surface area contributed by atoms with E-state index in [1.165, 1.54) is 19.1 Å². The maximum absolute atomic E-state index is 12.8. The number of likely N-dealkylation sites (tertiary alicyclic amines) is 1. The van der Waals surface area contributed by atoms with Gasteiger partial charge in [-0.25, -0.2) is 0 Å². The van der Waals surface area contributed by atoms with Gasteiger partial charge in [-0.1, -0.05) is 12.1 Å². The van der Waals surface area contributed by atoms with Crippen LogP contribution in [0.25, 0.3) is 0 Å². The molecule has 1 amide bonds. The average Bonchev–Trinajstić information content (AvgIpc) is 2.54. The molecule has 134 valence electrons. The first kappa shape index (κ1) is 18.7. The van der Waals surface area contributed by atoms with E-state index in [0.29, 0.717) is 25.9 Å². The quantitative estimate of drug-likeness (QED) is 0.882. The number of halogens is 3. The minimum atomic E-state index is -4.43. The molecule has 1 aromatic rings. The van der Waals surface area contributed by atoms with E-state index in [9.17, 15) is 23.1 Å². The molecule has 1 saturated heterocycles. The second-order valence-electron chi connectivity index (χ2n) is 6.52. The van der Waals surface area contributed by atoms with Crippen LogP contribution in [0.1, 0.15) is 30.9 Å². The van der Waals surface area contributed by atoms with E-state index < -0.39 is 17.3 Å². The van der Waals surface area contributed by atoms with Gasteiger partial charge in [-0.15, -0.1) is 0 Å². The first-order valence-corrected chi connectivity index (χ1v) is 7.97. The maximum Gasteiger partial charge on any atom is 0.416 e. The molecule has 7 heteroatoms. The monoisotopic (exact) mass is 344 g/mol.